The number of hydrogen-bond acceptors (Lipinski definition) is 9. The van der Waals surface area contributed by atoms with Crippen LogP contribution in [-0.2, 0) is 22.4 Å². The monoisotopic (exact) mass is 375 g/mol. The maximum Gasteiger partial charge on any atom is 0.232 e. The Morgan fingerprint density at radius 1 is 1.00 bits per heavy atom. The van der Waals surface area contributed by atoms with Crippen LogP contribution in [-0.4, -0.2) is 31.8 Å². The summed E-state index contributed by atoms with van der Waals surface area (Å²) in [6, 6.07) is 1.72. The lowest BCUT2D eigenvalue weighted by molar-refractivity contribution is -0.117. The number of nitrogens with two attached hydrogens (primary N) is 1. The van der Waals surface area contributed by atoms with Gasteiger partial charge in [0, 0.05) is 23.2 Å². The Morgan fingerprint density at radius 2 is 1.64 bits per heavy atom. The fraction of sp³-hybridized carbons (Fsp3) is 0.143. The van der Waals surface area contributed by atoms with Crippen molar-refractivity contribution in [2.24, 2.45) is 5.73 Å². The van der Waals surface area contributed by atoms with Crippen LogP contribution in [0.1, 0.15) is 11.4 Å². The van der Waals surface area contributed by atoms with E-state index in [0.717, 1.165) is 0 Å². The SMILES string of the molecule is NC(=O)Cc1csc(NC(=O)Cc2csc(Nc3ncccn3)n2)n1. The molecule has 0 aliphatic carbocycles. The van der Waals surface area contributed by atoms with E-state index in [2.05, 4.69) is 30.6 Å². The first-order valence-electron chi connectivity index (χ1n) is 7.09. The number of rotatable bonds is 7. The summed E-state index contributed by atoms with van der Waals surface area (Å²) in [4.78, 5) is 39.5. The number of thiazole rings is 2. The molecule has 3 aromatic rings. The Balaban J connectivity index is 1.54. The van der Waals surface area contributed by atoms with Crippen molar-refractivity contribution < 1.29 is 9.59 Å². The Labute approximate surface area is 150 Å². The van der Waals surface area contributed by atoms with E-state index in [1.54, 1.807) is 29.2 Å². The molecule has 0 saturated heterocycles. The number of hydrogen-bond donors (Lipinski definition) is 3. The molecule has 11 heteroatoms. The third-order valence-corrected chi connectivity index (χ3v) is 4.44. The van der Waals surface area contributed by atoms with Crippen LogP contribution in [0.2, 0.25) is 0 Å². The van der Waals surface area contributed by atoms with Gasteiger partial charge in [0.2, 0.25) is 17.8 Å². The van der Waals surface area contributed by atoms with Crippen LogP contribution in [0.4, 0.5) is 16.2 Å². The van der Waals surface area contributed by atoms with E-state index < -0.39 is 5.91 Å². The summed E-state index contributed by atoms with van der Waals surface area (Å²) in [5.41, 5.74) is 6.27. The van der Waals surface area contributed by atoms with Gasteiger partial charge in [-0.25, -0.2) is 19.9 Å². The highest BCUT2D eigenvalue weighted by Gasteiger charge is 2.11. The molecule has 3 rings (SSSR count). The minimum absolute atomic E-state index is 0.0506. The molecule has 0 bridgehead atoms. The lowest BCUT2D eigenvalue weighted by atomic mass is 10.3. The van der Waals surface area contributed by atoms with E-state index >= 15 is 0 Å². The third kappa shape index (κ3) is 5.02. The van der Waals surface area contributed by atoms with Crippen LogP contribution in [0, 0.1) is 0 Å². The molecule has 0 saturated carbocycles. The maximum absolute atomic E-state index is 12.1. The van der Waals surface area contributed by atoms with Gasteiger partial charge >= 0.3 is 0 Å². The van der Waals surface area contributed by atoms with Gasteiger partial charge in [-0.2, -0.15) is 0 Å². The largest absolute Gasteiger partial charge is 0.369 e. The molecule has 3 aromatic heterocycles. The fourth-order valence-electron chi connectivity index (χ4n) is 1.86. The van der Waals surface area contributed by atoms with Gasteiger partial charge in [-0.1, -0.05) is 0 Å². The highest BCUT2D eigenvalue weighted by molar-refractivity contribution is 7.14. The van der Waals surface area contributed by atoms with E-state index in [4.69, 9.17) is 5.73 Å². The molecule has 9 nitrogen and oxygen atoms in total. The predicted octanol–water partition coefficient (Wildman–Crippen LogP) is 1.34. The molecule has 0 aliphatic rings. The summed E-state index contributed by atoms with van der Waals surface area (Å²) in [6.45, 7) is 0. The maximum atomic E-state index is 12.1. The van der Waals surface area contributed by atoms with E-state index in [0.29, 0.717) is 27.6 Å². The van der Waals surface area contributed by atoms with E-state index in [1.165, 1.54) is 22.7 Å². The van der Waals surface area contributed by atoms with Crippen LogP contribution in [0.25, 0.3) is 0 Å². The first kappa shape index (κ1) is 16.9. The van der Waals surface area contributed by atoms with Gasteiger partial charge in [0.05, 0.1) is 24.2 Å². The zero-order chi connectivity index (χ0) is 17.6. The smallest absolute Gasteiger partial charge is 0.232 e. The minimum Gasteiger partial charge on any atom is -0.369 e. The summed E-state index contributed by atoms with van der Waals surface area (Å²) in [5, 5.41) is 10.1. The summed E-state index contributed by atoms with van der Waals surface area (Å²) in [7, 11) is 0. The Bertz CT molecular complexity index is 878. The topological polar surface area (TPSA) is 136 Å². The van der Waals surface area contributed by atoms with Gasteiger partial charge in [-0.05, 0) is 6.07 Å². The molecule has 0 aromatic carbocycles. The van der Waals surface area contributed by atoms with Crippen LogP contribution in [0.15, 0.2) is 29.2 Å². The molecule has 0 radical (unpaired) electrons. The third-order valence-electron chi connectivity index (χ3n) is 2.83. The quantitative estimate of drug-likeness (QED) is 0.567. The number of carbonyl (C=O) groups is 2. The van der Waals surface area contributed by atoms with Gasteiger partial charge in [-0.15, -0.1) is 22.7 Å². The van der Waals surface area contributed by atoms with Gasteiger partial charge < -0.3 is 16.4 Å². The van der Waals surface area contributed by atoms with E-state index in [9.17, 15) is 9.59 Å². The van der Waals surface area contributed by atoms with Crippen molar-refractivity contribution in [2.75, 3.05) is 10.6 Å². The molecule has 25 heavy (non-hydrogen) atoms. The molecule has 0 unspecified atom stereocenters. The van der Waals surface area contributed by atoms with Crippen LogP contribution in [0.3, 0.4) is 0 Å². The van der Waals surface area contributed by atoms with E-state index in [-0.39, 0.29) is 18.7 Å². The number of nitrogens with zero attached hydrogens (tertiary/aromatic N) is 4. The van der Waals surface area contributed by atoms with E-state index in [1.807, 2.05) is 0 Å². The Hall–Kier alpha value is -2.92. The molecule has 4 N–H and O–H groups in total. The number of aromatic nitrogens is 4. The fourth-order valence-corrected chi connectivity index (χ4v) is 3.29. The predicted molar refractivity (Wildman–Crippen MR) is 94.8 cm³/mol. The summed E-state index contributed by atoms with van der Waals surface area (Å²) >= 11 is 2.60. The van der Waals surface area contributed by atoms with Crippen LogP contribution < -0.4 is 16.4 Å². The van der Waals surface area contributed by atoms with Gasteiger partial charge in [0.15, 0.2) is 10.3 Å². The van der Waals surface area contributed by atoms with Gasteiger partial charge in [0.1, 0.15) is 0 Å². The molecule has 128 valence electrons. The molecular formula is C14H13N7O2S2. The number of primary amides is 1. The minimum atomic E-state index is -0.465. The van der Waals surface area contributed by atoms with Gasteiger partial charge in [0.25, 0.3) is 0 Å². The van der Waals surface area contributed by atoms with Crippen molar-refractivity contribution >= 4 is 50.7 Å². The van der Waals surface area contributed by atoms with Crippen LogP contribution in [0.5, 0.6) is 0 Å². The summed E-state index contributed by atoms with van der Waals surface area (Å²) in [5.74, 6) is -0.265. The van der Waals surface area contributed by atoms with Gasteiger partial charge in [-0.3, -0.25) is 9.59 Å². The first-order valence-corrected chi connectivity index (χ1v) is 8.85. The Morgan fingerprint density at radius 3 is 2.36 bits per heavy atom. The zero-order valence-corrected chi connectivity index (χ0v) is 14.4. The lowest BCUT2D eigenvalue weighted by Crippen LogP contribution is -2.15. The molecule has 0 fully saturated rings. The van der Waals surface area contributed by atoms with Crippen molar-refractivity contribution in [3.05, 3.63) is 40.6 Å². The average Bonchev–Trinajstić information content (AvgIpc) is 3.17. The van der Waals surface area contributed by atoms with Crippen molar-refractivity contribution in [1.82, 2.24) is 19.9 Å². The lowest BCUT2D eigenvalue weighted by Gasteiger charge is -2.00. The molecule has 0 spiro atoms. The Kier molecular flexibility index (Phi) is 5.26. The summed E-state index contributed by atoms with van der Waals surface area (Å²) in [6.07, 6.45) is 3.41. The molecular weight excluding hydrogens is 362 g/mol. The van der Waals surface area contributed by atoms with Crippen molar-refractivity contribution in [3.63, 3.8) is 0 Å². The number of amides is 2. The summed E-state index contributed by atoms with van der Waals surface area (Å²) < 4.78 is 0. The molecule has 0 atom stereocenters. The highest BCUT2D eigenvalue weighted by Crippen LogP contribution is 2.20. The second kappa shape index (κ2) is 7.77. The number of anilines is 3. The van der Waals surface area contributed by atoms with Crippen LogP contribution >= 0.6 is 22.7 Å². The zero-order valence-electron chi connectivity index (χ0n) is 12.8. The molecule has 3 heterocycles. The highest BCUT2D eigenvalue weighted by atomic mass is 32.1. The standard InChI is InChI=1S/C14H13N7O2S2/c15-10(22)4-8-6-24-13(18-8)20-11(23)5-9-7-25-14(19-9)21-12-16-2-1-3-17-12/h1-3,6-7H,4-5H2,(H2,15,22)(H,18,20,23)(H,16,17,19,21). The number of carbonyl (C=O) groups excluding carboxylic acids is 2. The van der Waals surface area contributed by atoms with Crippen molar-refractivity contribution in [3.8, 4) is 0 Å². The average molecular weight is 375 g/mol. The van der Waals surface area contributed by atoms with Crippen molar-refractivity contribution in [2.45, 2.75) is 12.8 Å². The molecule has 0 aliphatic heterocycles. The first-order chi connectivity index (χ1) is 12.1. The second-order valence-electron chi connectivity index (χ2n) is 4.85. The molecule has 2 amide bonds. The normalized spacial score (nSPS) is 10.4. The second-order valence-corrected chi connectivity index (χ2v) is 6.57. The number of nitrogens with one attached hydrogen (secondary N) is 2. The van der Waals surface area contributed by atoms with Crippen molar-refractivity contribution in [1.29, 1.82) is 0 Å².